The van der Waals surface area contributed by atoms with Crippen molar-refractivity contribution in [2.75, 3.05) is 10.6 Å². The van der Waals surface area contributed by atoms with E-state index in [1.165, 1.54) is 27.7 Å². The van der Waals surface area contributed by atoms with Crippen LogP contribution in [0.1, 0.15) is 29.5 Å². The molecule has 29 heavy (non-hydrogen) atoms. The standard InChI is InChI=1S/C26H23N3/c1-2-7-17(8-3-1)28-18-13-14-25-22(15-18)19-10-6-11-21(19)26(29-25)23-16-27-24-12-5-4-9-20(23)24/h1-10,12-16,19,21,26-29H,11H2. The lowest BCUT2D eigenvalue weighted by atomic mass is 9.77. The van der Waals surface area contributed by atoms with Gasteiger partial charge in [0, 0.05) is 40.1 Å². The molecule has 0 fully saturated rings. The summed E-state index contributed by atoms with van der Waals surface area (Å²) in [5.74, 6) is 0.983. The van der Waals surface area contributed by atoms with Gasteiger partial charge in [-0.1, -0.05) is 48.6 Å². The number of benzene rings is 3. The molecule has 0 bridgehead atoms. The van der Waals surface area contributed by atoms with Gasteiger partial charge in [0.15, 0.2) is 0 Å². The maximum absolute atomic E-state index is 3.87. The molecule has 3 unspecified atom stereocenters. The summed E-state index contributed by atoms with van der Waals surface area (Å²) in [5, 5.41) is 8.73. The Balaban J connectivity index is 1.38. The Bertz CT molecular complexity index is 1210. The third-order valence-corrected chi connectivity index (χ3v) is 6.38. The number of H-pyrrole nitrogens is 1. The van der Waals surface area contributed by atoms with Crippen molar-refractivity contribution in [3.05, 3.63) is 102 Å². The van der Waals surface area contributed by atoms with Crippen LogP contribution in [0.2, 0.25) is 0 Å². The third-order valence-electron chi connectivity index (χ3n) is 6.38. The number of fused-ring (bicyclic) bond motifs is 4. The first kappa shape index (κ1) is 16.5. The topological polar surface area (TPSA) is 39.8 Å². The molecule has 3 nitrogen and oxygen atoms in total. The van der Waals surface area contributed by atoms with Gasteiger partial charge in [0.2, 0.25) is 0 Å². The van der Waals surface area contributed by atoms with Crippen LogP contribution < -0.4 is 10.6 Å². The van der Waals surface area contributed by atoms with Crippen LogP contribution in [0, 0.1) is 5.92 Å². The number of hydrogen-bond acceptors (Lipinski definition) is 2. The maximum Gasteiger partial charge on any atom is 0.0574 e. The Morgan fingerprint density at radius 3 is 2.62 bits per heavy atom. The van der Waals surface area contributed by atoms with E-state index in [4.69, 9.17) is 0 Å². The number of para-hydroxylation sites is 2. The molecule has 0 spiro atoms. The van der Waals surface area contributed by atoms with E-state index in [2.05, 4.69) is 101 Å². The summed E-state index contributed by atoms with van der Waals surface area (Å²) in [6.45, 7) is 0. The van der Waals surface area contributed by atoms with Crippen molar-refractivity contribution in [2.45, 2.75) is 18.4 Å². The highest BCUT2D eigenvalue weighted by Crippen LogP contribution is 2.51. The predicted molar refractivity (Wildman–Crippen MR) is 121 cm³/mol. The van der Waals surface area contributed by atoms with Crippen molar-refractivity contribution < 1.29 is 0 Å². The van der Waals surface area contributed by atoms with Gasteiger partial charge in [-0.25, -0.2) is 0 Å². The van der Waals surface area contributed by atoms with E-state index in [1.54, 1.807) is 0 Å². The molecule has 3 atom stereocenters. The van der Waals surface area contributed by atoms with E-state index in [0.29, 0.717) is 17.9 Å². The number of aromatic nitrogens is 1. The number of anilines is 3. The molecular formula is C26H23N3. The predicted octanol–water partition coefficient (Wildman–Crippen LogP) is 6.74. The molecular weight excluding hydrogens is 354 g/mol. The maximum atomic E-state index is 3.87. The molecule has 2 heterocycles. The molecule has 3 aromatic carbocycles. The second-order valence-corrected chi connectivity index (χ2v) is 8.06. The van der Waals surface area contributed by atoms with Gasteiger partial charge in [0.1, 0.15) is 0 Å². The minimum absolute atomic E-state index is 0.312. The highest BCUT2D eigenvalue weighted by molar-refractivity contribution is 5.84. The third kappa shape index (κ3) is 2.73. The SMILES string of the molecule is C1=CC2c3cc(Nc4ccccc4)ccc3NC(c3c[nH]c4ccccc34)C2C1. The minimum atomic E-state index is 0.312. The normalized spacial score (nSPS) is 22.1. The van der Waals surface area contributed by atoms with Gasteiger partial charge in [-0.05, 0) is 59.9 Å². The van der Waals surface area contributed by atoms with Crippen molar-refractivity contribution in [3.8, 4) is 0 Å². The summed E-state index contributed by atoms with van der Waals surface area (Å²) in [6, 6.07) is 26.0. The minimum Gasteiger partial charge on any atom is -0.378 e. The van der Waals surface area contributed by atoms with E-state index >= 15 is 0 Å². The number of hydrogen-bond donors (Lipinski definition) is 3. The molecule has 3 N–H and O–H groups in total. The zero-order valence-electron chi connectivity index (χ0n) is 16.1. The van der Waals surface area contributed by atoms with Gasteiger partial charge in [0.05, 0.1) is 6.04 Å². The summed E-state index contributed by atoms with van der Waals surface area (Å²) < 4.78 is 0. The highest BCUT2D eigenvalue weighted by Gasteiger charge is 2.38. The summed E-state index contributed by atoms with van der Waals surface area (Å²) >= 11 is 0. The number of rotatable bonds is 3. The lowest BCUT2D eigenvalue weighted by Gasteiger charge is -2.37. The fourth-order valence-electron chi connectivity index (χ4n) is 5.02. The van der Waals surface area contributed by atoms with Crippen LogP contribution in [-0.2, 0) is 0 Å². The van der Waals surface area contributed by atoms with E-state index in [-0.39, 0.29) is 0 Å². The molecule has 2 aliphatic rings. The molecule has 1 aromatic heterocycles. The quantitative estimate of drug-likeness (QED) is 0.346. The lowest BCUT2D eigenvalue weighted by molar-refractivity contribution is 0.427. The van der Waals surface area contributed by atoms with Crippen LogP contribution >= 0.6 is 0 Å². The van der Waals surface area contributed by atoms with Crippen molar-refractivity contribution in [3.63, 3.8) is 0 Å². The summed E-state index contributed by atoms with van der Waals surface area (Å²) in [5.41, 5.74) is 7.47. The highest BCUT2D eigenvalue weighted by atomic mass is 15.0. The van der Waals surface area contributed by atoms with Gasteiger partial charge in [0.25, 0.3) is 0 Å². The first-order chi connectivity index (χ1) is 14.4. The fourth-order valence-corrected chi connectivity index (χ4v) is 5.02. The van der Waals surface area contributed by atoms with E-state index in [1.807, 2.05) is 6.07 Å². The molecule has 0 saturated carbocycles. The van der Waals surface area contributed by atoms with Gasteiger partial charge < -0.3 is 15.6 Å². The van der Waals surface area contributed by atoms with Gasteiger partial charge in [-0.3, -0.25) is 0 Å². The summed E-state index contributed by atoms with van der Waals surface area (Å²) in [4.78, 5) is 3.46. The van der Waals surface area contributed by atoms with E-state index in [9.17, 15) is 0 Å². The second-order valence-electron chi connectivity index (χ2n) is 8.06. The molecule has 1 aliphatic carbocycles. The van der Waals surface area contributed by atoms with Crippen molar-refractivity contribution in [2.24, 2.45) is 5.92 Å². The van der Waals surface area contributed by atoms with Crippen LogP contribution in [0.25, 0.3) is 10.9 Å². The first-order valence-corrected chi connectivity index (χ1v) is 10.3. The average molecular weight is 377 g/mol. The Kier molecular flexibility index (Phi) is 3.73. The Morgan fingerprint density at radius 2 is 1.69 bits per heavy atom. The van der Waals surface area contributed by atoms with Gasteiger partial charge >= 0.3 is 0 Å². The van der Waals surface area contributed by atoms with Gasteiger partial charge in [-0.15, -0.1) is 0 Å². The molecule has 0 saturated heterocycles. The van der Waals surface area contributed by atoms with Crippen molar-refractivity contribution in [1.29, 1.82) is 0 Å². The number of allylic oxidation sites excluding steroid dienone is 2. The number of nitrogens with one attached hydrogen (secondary N) is 3. The molecule has 4 aromatic rings. The van der Waals surface area contributed by atoms with Crippen molar-refractivity contribution in [1.82, 2.24) is 4.98 Å². The fraction of sp³-hybridized carbons (Fsp3) is 0.154. The summed E-state index contributed by atoms with van der Waals surface area (Å²) in [7, 11) is 0. The molecule has 1 aliphatic heterocycles. The second kappa shape index (κ2) is 6.56. The van der Waals surface area contributed by atoms with Crippen molar-refractivity contribution >= 4 is 28.0 Å². The summed E-state index contributed by atoms with van der Waals surface area (Å²) in [6.07, 6.45) is 8.05. The average Bonchev–Trinajstić information content (AvgIpc) is 3.42. The lowest BCUT2D eigenvalue weighted by Crippen LogP contribution is -2.29. The smallest absolute Gasteiger partial charge is 0.0574 e. The van der Waals surface area contributed by atoms with Crippen LogP contribution in [0.3, 0.4) is 0 Å². The molecule has 142 valence electrons. The zero-order chi connectivity index (χ0) is 19.2. The molecule has 6 rings (SSSR count). The van der Waals surface area contributed by atoms with Crippen LogP contribution in [-0.4, -0.2) is 4.98 Å². The monoisotopic (exact) mass is 377 g/mol. The molecule has 3 heteroatoms. The largest absolute Gasteiger partial charge is 0.378 e. The van der Waals surface area contributed by atoms with Crippen LogP contribution in [0.15, 0.2) is 91.1 Å². The van der Waals surface area contributed by atoms with E-state index in [0.717, 1.165) is 17.8 Å². The zero-order valence-corrected chi connectivity index (χ0v) is 16.1. The van der Waals surface area contributed by atoms with E-state index < -0.39 is 0 Å². The molecule has 0 amide bonds. The Hall–Kier alpha value is -3.46. The number of aromatic amines is 1. The Labute approximate surface area is 170 Å². The van der Waals surface area contributed by atoms with Gasteiger partial charge in [-0.2, -0.15) is 0 Å². The Morgan fingerprint density at radius 1 is 0.828 bits per heavy atom. The van der Waals surface area contributed by atoms with Crippen LogP contribution in [0.5, 0.6) is 0 Å². The molecule has 0 radical (unpaired) electrons. The van der Waals surface area contributed by atoms with Crippen LogP contribution in [0.4, 0.5) is 17.1 Å². The first-order valence-electron chi connectivity index (χ1n) is 10.3.